The highest BCUT2D eigenvalue weighted by atomic mass is 16.5. The molecule has 3 aromatic rings. The number of benzene rings is 3. The molecule has 0 spiro atoms. The molecule has 0 saturated carbocycles. The topological polar surface area (TPSA) is 27.7 Å². The van der Waals surface area contributed by atoms with Gasteiger partial charge in [0.15, 0.2) is 0 Å². The van der Waals surface area contributed by atoms with Crippen molar-refractivity contribution in [1.82, 2.24) is 0 Å². The van der Waals surface area contributed by atoms with E-state index in [4.69, 9.17) is 14.2 Å². The van der Waals surface area contributed by atoms with Gasteiger partial charge in [-0.2, -0.15) is 0 Å². The molecule has 0 aliphatic rings. The predicted octanol–water partition coefficient (Wildman–Crippen LogP) is 5.05. The van der Waals surface area contributed by atoms with E-state index in [2.05, 4.69) is 48.5 Å². The molecule has 0 radical (unpaired) electrons. The smallest absolute Gasteiger partial charge is 0.119 e. The van der Waals surface area contributed by atoms with Crippen LogP contribution in [0.25, 0.3) is 22.3 Å². The van der Waals surface area contributed by atoms with Crippen LogP contribution in [0, 0.1) is 0 Å². The maximum Gasteiger partial charge on any atom is 0.119 e. The maximum absolute atomic E-state index is 5.60. The second kappa shape index (κ2) is 8.36. The Balaban J connectivity index is 1.71. The minimum atomic E-state index is 0.562. The summed E-state index contributed by atoms with van der Waals surface area (Å²) in [5.41, 5.74) is 4.71. The fourth-order valence-corrected chi connectivity index (χ4v) is 2.63. The molecule has 3 aromatic carbocycles. The molecular formula is C22H22O3. The van der Waals surface area contributed by atoms with Crippen molar-refractivity contribution < 1.29 is 14.2 Å². The van der Waals surface area contributed by atoms with E-state index >= 15 is 0 Å². The van der Waals surface area contributed by atoms with Crippen LogP contribution in [-0.2, 0) is 4.74 Å². The van der Waals surface area contributed by atoms with Gasteiger partial charge in [-0.25, -0.2) is 0 Å². The molecule has 0 unspecified atom stereocenters. The van der Waals surface area contributed by atoms with Crippen LogP contribution in [0.5, 0.6) is 11.5 Å². The number of ether oxygens (including phenoxy) is 3. The third-order valence-corrected chi connectivity index (χ3v) is 4.05. The molecular weight excluding hydrogens is 312 g/mol. The molecule has 0 aliphatic carbocycles. The lowest BCUT2D eigenvalue weighted by Crippen LogP contribution is -2.03. The summed E-state index contributed by atoms with van der Waals surface area (Å²) in [6.07, 6.45) is 0. The van der Waals surface area contributed by atoms with E-state index in [-0.39, 0.29) is 0 Å². The summed E-state index contributed by atoms with van der Waals surface area (Å²) in [6, 6.07) is 24.8. The van der Waals surface area contributed by atoms with Crippen molar-refractivity contribution in [3.8, 4) is 33.8 Å². The highest BCUT2D eigenvalue weighted by Gasteiger charge is 2.02. The molecule has 0 heterocycles. The molecule has 3 rings (SSSR count). The summed E-state index contributed by atoms with van der Waals surface area (Å²) in [6.45, 7) is 1.15. The second-order valence-corrected chi connectivity index (χ2v) is 5.67. The summed E-state index contributed by atoms with van der Waals surface area (Å²) >= 11 is 0. The Morgan fingerprint density at radius 1 is 0.520 bits per heavy atom. The zero-order valence-electron chi connectivity index (χ0n) is 14.6. The SMILES string of the molecule is COCCOc1ccc(-c2ccc(-c3ccc(OC)cc3)cc2)cc1. The van der Waals surface area contributed by atoms with Gasteiger partial charge < -0.3 is 14.2 Å². The molecule has 0 fully saturated rings. The van der Waals surface area contributed by atoms with Crippen molar-refractivity contribution in [3.63, 3.8) is 0 Å². The van der Waals surface area contributed by atoms with Crippen LogP contribution >= 0.6 is 0 Å². The van der Waals surface area contributed by atoms with Gasteiger partial charge in [0.25, 0.3) is 0 Å². The zero-order chi connectivity index (χ0) is 17.5. The van der Waals surface area contributed by atoms with Gasteiger partial charge in [0.2, 0.25) is 0 Å². The van der Waals surface area contributed by atoms with Crippen molar-refractivity contribution in [2.75, 3.05) is 27.4 Å². The third kappa shape index (κ3) is 4.40. The van der Waals surface area contributed by atoms with Crippen LogP contribution in [0.3, 0.4) is 0 Å². The Morgan fingerprint density at radius 3 is 1.32 bits per heavy atom. The highest BCUT2D eigenvalue weighted by molar-refractivity contribution is 5.71. The first kappa shape index (κ1) is 17.1. The molecule has 128 valence electrons. The first-order chi connectivity index (χ1) is 12.3. The Hall–Kier alpha value is -2.78. The number of hydrogen-bond acceptors (Lipinski definition) is 3. The average molecular weight is 334 g/mol. The molecule has 0 atom stereocenters. The van der Waals surface area contributed by atoms with E-state index in [0.29, 0.717) is 13.2 Å². The lowest BCUT2D eigenvalue weighted by atomic mass is 10.0. The molecule has 0 amide bonds. The van der Waals surface area contributed by atoms with Gasteiger partial charge in [0.1, 0.15) is 18.1 Å². The minimum absolute atomic E-state index is 0.562. The minimum Gasteiger partial charge on any atom is -0.497 e. The van der Waals surface area contributed by atoms with Crippen molar-refractivity contribution in [2.45, 2.75) is 0 Å². The Morgan fingerprint density at radius 2 is 0.920 bits per heavy atom. The van der Waals surface area contributed by atoms with Gasteiger partial charge in [0, 0.05) is 7.11 Å². The normalized spacial score (nSPS) is 10.5. The van der Waals surface area contributed by atoms with E-state index in [9.17, 15) is 0 Å². The summed E-state index contributed by atoms with van der Waals surface area (Å²) in [5.74, 6) is 1.73. The van der Waals surface area contributed by atoms with Crippen molar-refractivity contribution in [3.05, 3.63) is 72.8 Å². The molecule has 25 heavy (non-hydrogen) atoms. The molecule has 0 bridgehead atoms. The first-order valence-corrected chi connectivity index (χ1v) is 8.27. The van der Waals surface area contributed by atoms with E-state index in [1.165, 1.54) is 22.3 Å². The van der Waals surface area contributed by atoms with Crippen LogP contribution in [0.2, 0.25) is 0 Å². The fourth-order valence-electron chi connectivity index (χ4n) is 2.63. The van der Waals surface area contributed by atoms with Crippen LogP contribution in [0.4, 0.5) is 0 Å². The summed E-state index contributed by atoms with van der Waals surface area (Å²) in [7, 11) is 3.35. The van der Waals surface area contributed by atoms with Crippen molar-refractivity contribution >= 4 is 0 Å². The van der Waals surface area contributed by atoms with Gasteiger partial charge in [-0.05, 0) is 46.5 Å². The summed E-state index contributed by atoms with van der Waals surface area (Å²) in [4.78, 5) is 0. The maximum atomic E-state index is 5.60. The predicted molar refractivity (Wildman–Crippen MR) is 101 cm³/mol. The van der Waals surface area contributed by atoms with Crippen molar-refractivity contribution in [2.24, 2.45) is 0 Å². The summed E-state index contributed by atoms with van der Waals surface area (Å²) < 4.78 is 15.8. The molecule has 3 heteroatoms. The van der Waals surface area contributed by atoms with Gasteiger partial charge >= 0.3 is 0 Å². The van der Waals surface area contributed by atoms with E-state index < -0.39 is 0 Å². The number of methoxy groups -OCH3 is 2. The third-order valence-electron chi connectivity index (χ3n) is 4.05. The lowest BCUT2D eigenvalue weighted by molar-refractivity contribution is 0.146. The Bertz CT molecular complexity index is 775. The van der Waals surface area contributed by atoms with Crippen LogP contribution in [0.1, 0.15) is 0 Å². The Labute approximate surface area is 148 Å². The molecule has 0 aliphatic heterocycles. The van der Waals surface area contributed by atoms with Crippen LogP contribution < -0.4 is 9.47 Å². The number of hydrogen-bond donors (Lipinski definition) is 0. The second-order valence-electron chi connectivity index (χ2n) is 5.67. The molecule has 0 N–H and O–H groups in total. The van der Waals surface area contributed by atoms with E-state index in [1.807, 2.05) is 24.3 Å². The molecule has 0 aromatic heterocycles. The van der Waals surface area contributed by atoms with Gasteiger partial charge in [-0.3, -0.25) is 0 Å². The van der Waals surface area contributed by atoms with Crippen LogP contribution in [0.15, 0.2) is 72.8 Å². The van der Waals surface area contributed by atoms with Gasteiger partial charge in [-0.15, -0.1) is 0 Å². The number of rotatable bonds is 7. The van der Waals surface area contributed by atoms with E-state index in [0.717, 1.165) is 11.5 Å². The van der Waals surface area contributed by atoms with Gasteiger partial charge in [-0.1, -0.05) is 48.5 Å². The average Bonchev–Trinajstić information content (AvgIpc) is 2.69. The quantitative estimate of drug-likeness (QED) is 0.566. The fraction of sp³-hybridized carbons (Fsp3) is 0.182. The lowest BCUT2D eigenvalue weighted by Gasteiger charge is -2.08. The standard InChI is InChI=1S/C22H22O3/c1-23-15-16-25-22-13-9-20(10-14-22)18-5-3-17(4-6-18)19-7-11-21(24-2)12-8-19/h3-14H,15-16H2,1-2H3. The van der Waals surface area contributed by atoms with Gasteiger partial charge in [0.05, 0.1) is 13.7 Å². The zero-order valence-corrected chi connectivity index (χ0v) is 14.6. The Kier molecular flexibility index (Phi) is 5.70. The summed E-state index contributed by atoms with van der Waals surface area (Å²) in [5, 5.41) is 0. The monoisotopic (exact) mass is 334 g/mol. The highest BCUT2D eigenvalue weighted by Crippen LogP contribution is 2.27. The molecule has 3 nitrogen and oxygen atoms in total. The van der Waals surface area contributed by atoms with Crippen molar-refractivity contribution in [1.29, 1.82) is 0 Å². The largest absolute Gasteiger partial charge is 0.497 e. The first-order valence-electron chi connectivity index (χ1n) is 8.27. The van der Waals surface area contributed by atoms with Crippen LogP contribution in [-0.4, -0.2) is 27.4 Å². The van der Waals surface area contributed by atoms with E-state index in [1.54, 1.807) is 14.2 Å². The molecule has 0 saturated heterocycles.